The number of halogens is 1. The number of thiazole rings is 1. The molecule has 174 valence electrons. The summed E-state index contributed by atoms with van der Waals surface area (Å²) in [6.07, 6.45) is 8.66. The van der Waals surface area contributed by atoms with Crippen molar-refractivity contribution < 1.29 is 14.3 Å². The highest BCUT2D eigenvalue weighted by molar-refractivity contribution is 7.18. The minimum Gasteiger partial charge on any atom is -0.487 e. The lowest BCUT2D eigenvalue weighted by atomic mass is 9.83. The van der Waals surface area contributed by atoms with Gasteiger partial charge in [0.05, 0.1) is 12.8 Å². The molecule has 5 rings (SSSR count). The third kappa shape index (κ3) is 4.27. The number of carbonyl (C=O) groups is 1. The first-order chi connectivity index (χ1) is 16.0. The Hall–Kier alpha value is -2.78. The van der Waals surface area contributed by atoms with Gasteiger partial charge in [0.1, 0.15) is 22.9 Å². The molecule has 1 aromatic carbocycles. The summed E-state index contributed by atoms with van der Waals surface area (Å²) in [4.78, 5) is 31.2. The van der Waals surface area contributed by atoms with Crippen molar-refractivity contribution in [2.75, 3.05) is 24.6 Å². The van der Waals surface area contributed by atoms with Gasteiger partial charge < -0.3 is 14.4 Å². The second-order valence-electron chi connectivity index (χ2n) is 8.35. The summed E-state index contributed by atoms with van der Waals surface area (Å²) in [6, 6.07) is 5.86. The first kappa shape index (κ1) is 22.0. The molecule has 1 saturated heterocycles. The van der Waals surface area contributed by atoms with Gasteiger partial charge in [0.2, 0.25) is 0 Å². The van der Waals surface area contributed by atoms with Crippen molar-refractivity contribution in [2.45, 2.75) is 44.8 Å². The molecule has 0 aliphatic carbocycles. The third-order valence-electron chi connectivity index (χ3n) is 6.35. The average molecular weight is 489 g/mol. The first-order valence-electron chi connectivity index (χ1n) is 11.1. The molecule has 0 saturated carbocycles. The molecule has 0 unspecified atom stereocenters. The summed E-state index contributed by atoms with van der Waals surface area (Å²) in [7, 11) is 0. The Morgan fingerprint density at radius 1 is 1.27 bits per heavy atom. The summed E-state index contributed by atoms with van der Waals surface area (Å²) in [5.41, 5.74) is 0.663. The maximum absolute atomic E-state index is 12.7. The van der Waals surface area contributed by atoms with Crippen LogP contribution >= 0.6 is 22.9 Å². The Kier molecular flexibility index (Phi) is 5.92. The van der Waals surface area contributed by atoms with Gasteiger partial charge in [0.15, 0.2) is 5.13 Å². The SMILES string of the molecule is CCOC(=O)Cn1ccn(-c2cnc(N3CCC4(CCc5c(Cl)cccc5O4)CC3)s2)c1=O. The molecule has 10 heteroatoms. The molecule has 2 aliphatic rings. The van der Waals surface area contributed by atoms with E-state index in [2.05, 4.69) is 9.88 Å². The minimum absolute atomic E-state index is 0.103. The number of nitrogens with zero attached hydrogens (tertiary/aromatic N) is 4. The molecular formula is C23H25ClN4O4S. The number of benzene rings is 1. The molecule has 0 atom stereocenters. The number of esters is 1. The summed E-state index contributed by atoms with van der Waals surface area (Å²) in [6.45, 7) is 3.59. The lowest BCUT2D eigenvalue weighted by molar-refractivity contribution is -0.143. The van der Waals surface area contributed by atoms with Crippen molar-refractivity contribution in [1.29, 1.82) is 0 Å². The number of imidazole rings is 1. The molecule has 2 aliphatic heterocycles. The minimum atomic E-state index is -0.431. The molecule has 0 radical (unpaired) electrons. The van der Waals surface area contributed by atoms with E-state index in [9.17, 15) is 9.59 Å². The Morgan fingerprint density at radius 3 is 2.88 bits per heavy atom. The summed E-state index contributed by atoms with van der Waals surface area (Å²) in [5, 5.41) is 2.38. The quantitative estimate of drug-likeness (QED) is 0.510. The first-order valence-corrected chi connectivity index (χ1v) is 12.3. The van der Waals surface area contributed by atoms with Crippen LogP contribution in [0.2, 0.25) is 5.02 Å². The zero-order valence-electron chi connectivity index (χ0n) is 18.3. The third-order valence-corrected chi connectivity index (χ3v) is 7.76. The van der Waals surface area contributed by atoms with Crippen LogP contribution in [-0.2, 0) is 22.5 Å². The second-order valence-corrected chi connectivity index (χ2v) is 9.75. The predicted octanol–water partition coefficient (Wildman–Crippen LogP) is 3.68. The Labute approximate surface area is 200 Å². The van der Waals surface area contributed by atoms with Crippen molar-refractivity contribution in [3.8, 4) is 10.8 Å². The van der Waals surface area contributed by atoms with Crippen LogP contribution < -0.4 is 15.3 Å². The van der Waals surface area contributed by atoms with E-state index in [1.807, 2.05) is 18.2 Å². The van der Waals surface area contributed by atoms with Crippen LogP contribution in [0, 0.1) is 0 Å². The average Bonchev–Trinajstić information content (AvgIpc) is 3.42. The Morgan fingerprint density at radius 2 is 2.09 bits per heavy atom. The fourth-order valence-electron chi connectivity index (χ4n) is 4.53. The van der Waals surface area contributed by atoms with Gasteiger partial charge in [-0.15, -0.1) is 0 Å². The summed E-state index contributed by atoms with van der Waals surface area (Å²) < 4.78 is 14.2. The van der Waals surface area contributed by atoms with Crippen LogP contribution in [0.4, 0.5) is 5.13 Å². The van der Waals surface area contributed by atoms with Crippen LogP contribution in [-0.4, -0.2) is 45.4 Å². The maximum Gasteiger partial charge on any atom is 0.333 e. The van der Waals surface area contributed by atoms with Crippen LogP contribution in [0.1, 0.15) is 31.7 Å². The van der Waals surface area contributed by atoms with Gasteiger partial charge in [-0.25, -0.2) is 9.78 Å². The number of carbonyl (C=O) groups excluding carboxylic acids is 1. The number of hydrogen-bond donors (Lipinski definition) is 0. The van der Waals surface area contributed by atoms with Gasteiger partial charge in [-0.3, -0.25) is 13.9 Å². The van der Waals surface area contributed by atoms with E-state index >= 15 is 0 Å². The van der Waals surface area contributed by atoms with Crippen molar-refractivity contribution in [1.82, 2.24) is 14.1 Å². The summed E-state index contributed by atoms with van der Waals surface area (Å²) in [5.74, 6) is 0.477. The number of aromatic nitrogens is 3. The highest BCUT2D eigenvalue weighted by Gasteiger charge is 2.40. The maximum atomic E-state index is 12.7. The monoisotopic (exact) mass is 488 g/mol. The fourth-order valence-corrected chi connectivity index (χ4v) is 5.74. The van der Waals surface area contributed by atoms with Crippen molar-refractivity contribution in [3.05, 3.63) is 57.9 Å². The standard InChI is InChI=1S/C23H25ClN4O4S/c1-2-31-20(29)15-27-12-13-28(22(27)30)19-14-25-21(33-19)26-10-8-23(9-11-26)7-6-16-17(24)4-3-5-18(16)32-23/h3-5,12-14H,2,6-11,15H2,1H3. The van der Waals surface area contributed by atoms with E-state index in [4.69, 9.17) is 21.1 Å². The molecular weight excluding hydrogens is 464 g/mol. The largest absolute Gasteiger partial charge is 0.487 e. The zero-order valence-corrected chi connectivity index (χ0v) is 19.9. The van der Waals surface area contributed by atoms with E-state index < -0.39 is 5.97 Å². The molecule has 1 spiro atoms. The molecule has 0 bridgehead atoms. The molecule has 3 aromatic rings. The molecule has 33 heavy (non-hydrogen) atoms. The van der Waals surface area contributed by atoms with Crippen molar-refractivity contribution in [3.63, 3.8) is 0 Å². The van der Waals surface area contributed by atoms with Gasteiger partial charge in [-0.2, -0.15) is 0 Å². The lowest BCUT2D eigenvalue weighted by Gasteiger charge is -2.44. The normalized spacial score (nSPS) is 17.0. The van der Waals surface area contributed by atoms with Gasteiger partial charge in [0, 0.05) is 48.9 Å². The van der Waals surface area contributed by atoms with Crippen LogP contribution in [0.3, 0.4) is 0 Å². The van der Waals surface area contributed by atoms with Gasteiger partial charge >= 0.3 is 11.7 Å². The summed E-state index contributed by atoms with van der Waals surface area (Å²) >= 11 is 7.80. The predicted molar refractivity (Wildman–Crippen MR) is 127 cm³/mol. The molecule has 0 amide bonds. The number of rotatable bonds is 5. The van der Waals surface area contributed by atoms with Crippen LogP contribution in [0.15, 0.2) is 41.6 Å². The number of ether oxygens (including phenoxy) is 2. The smallest absolute Gasteiger partial charge is 0.333 e. The molecule has 4 heterocycles. The van der Waals surface area contributed by atoms with E-state index in [1.54, 1.807) is 25.5 Å². The molecule has 8 nitrogen and oxygen atoms in total. The highest BCUT2D eigenvalue weighted by Crippen LogP contribution is 2.42. The van der Waals surface area contributed by atoms with Crippen LogP contribution in [0.25, 0.3) is 5.00 Å². The molecule has 1 fully saturated rings. The number of fused-ring (bicyclic) bond motifs is 1. The lowest BCUT2D eigenvalue weighted by Crippen LogP contribution is -2.49. The Bertz CT molecular complexity index is 1230. The number of piperidine rings is 1. The van der Waals surface area contributed by atoms with E-state index in [0.29, 0.717) is 0 Å². The highest BCUT2D eigenvalue weighted by atomic mass is 35.5. The zero-order chi connectivity index (χ0) is 23.0. The van der Waals surface area contributed by atoms with Crippen LogP contribution in [0.5, 0.6) is 5.75 Å². The van der Waals surface area contributed by atoms with Crippen molar-refractivity contribution >= 4 is 34.0 Å². The van der Waals surface area contributed by atoms with Gasteiger partial charge in [0.25, 0.3) is 0 Å². The fraction of sp³-hybridized carbons (Fsp3) is 0.435. The Balaban J connectivity index is 1.26. The topological polar surface area (TPSA) is 78.6 Å². The van der Waals surface area contributed by atoms with Gasteiger partial charge in [-0.05, 0) is 31.9 Å². The van der Waals surface area contributed by atoms with Gasteiger partial charge in [-0.1, -0.05) is 29.0 Å². The van der Waals surface area contributed by atoms with E-state index in [1.165, 1.54) is 20.5 Å². The van der Waals surface area contributed by atoms with E-state index in [-0.39, 0.29) is 24.4 Å². The van der Waals surface area contributed by atoms with Crippen molar-refractivity contribution in [2.24, 2.45) is 0 Å². The number of hydrogen-bond acceptors (Lipinski definition) is 7. The molecule has 2 aromatic heterocycles. The molecule has 0 N–H and O–H groups in total. The second kappa shape index (κ2) is 8.87. The van der Waals surface area contributed by atoms with E-state index in [0.717, 1.165) is 65.2 Å². The number of anilines is 1.